The van der Waals surface area contributed by atoms with Gasteiger partial charge in [0.05, 0.1) is 6.54 Å². The van der Waals surface area contributed by atoms with E-state index in [4.69, 9.17) is 5.84 Å². The number of rotatable bonds is 5. The van der Waals surface area contributed by atoms with Crippen LogP contribution in [0.4, 0.5) is 11.9 Å². The number of anilines is 2. The smallest absolute Gasteiger partial charge is 0.243 e. The van der Waals surface area contributed by atoms with E-state index in [2.05, 4.69) is 45.3 Å². The van der Waals surface area contributed by atoms with E-state index in [-0.39, 0.29) is 5.95 Å². The number of nitrogens with two attached hydrogens (primary N) is 1. The molecule has 20 heavy (non-hydrogen) atoms. The molecule has 0 aromatic carbocycles. The molecule has 3 heterocycles. The van der Waals surface area contributed by atoms with Crippen LogP contribution in [-0.4, -0.2) is 34.6 Å². The van der Waals surface area contributed by atoms with Crippen molar-refractivity contribution in [3.05, 3.63) is 30.9 Å². The van der Waals surface area contributed by atoms with E-state index >= 15 is 0 Å². The molecule has 11 heteroatoms. The van der Waals surface area contributed by atoms with Crippen LogP contribution in [0.5, 0.6) is 0 Å². The first-order valence-corrected chi connectivity index (χ1v) is 5.55. The third-order valence-corrected chi connectivity index (χ3v) is 2.30. The molecule has 0 unspecified atom stereocenters. The number of nitrogens with zero attached hydrogens (tertiary/aromatic N) is 7. The van der Waals surface area contributed by atoms with Gasteiger partial charge in [-0.3, -0.25) is 9.99 Å². The summed E-state index contributed by atoms with van der Waals surface area (Å²) in [6.45, 7) is 0.313. The molecule has 0 aliphatic rings. The zero-order valence-corrected chi connectivity index (χ0v) is 10.1. The van der Waals surface area contributed by atoms with Crippen LogP contribution >= 0.6 is 0 Å². The number of hydrazine groups is 1. The highest BCUT2D eigenvalue weighted by molar-refractivity contribution is 5.37. The monoisotopic (exact) mass is 274 g/mol. The van der Waals surface area contributed by atoms with E-state index in [1.54, 1.807) is 23.3 Å². The molecular weight excluding hydrogens is 264 g/mol. The van der Waals surface area contributed by atoms with Crippen molar-refractivity contribution in [1.82, 2.24) is 34.6 Å². The second-order valence-electron chi connectivity index (χ2n) is 3.60. The number of nitrogen functional groups attached to an aromatic ring is 1. The Balaban J connectivity index is 1.84. The molecular formula is C9H10N10O. The van der Waals surface area contributed by atoms with Crippen molar-refractivity contribution in [3.8, 4) is 5.95 Å². The minimum absolute atomic E-state index is 0.222. The van der Waals surface area contributed by atoms with Crippen LogP contribution in [0.25, 0.3) is 5.95 Å². The first-order chi connectivity index (χ1) is 9.85. The molecule has 0 spiro atoms. The Hall–Kier alpha value is -3.08. The second-order valence-corrected chi connectivity index (χ2v) is 3.60. The highest BCUT2D eigenvalue weighted by Gasteiger charge is 2.08. The molecule has 102 valence electrons. The number of imidazole rings is 1. The minimum Gasteiger partial charge on any atom is -0.347 e. The van der Waals surface area contributed by atoms with Gasteiger partial charge >= 0.3 is 0 Å². The van der Waals surface area contributed by atoms with Crippen LogP contribution in [0, 0.1) is 0 Å². The molecule has 0 saturated carbocycles. The number of hydrogen-bond acceptors (Lipinski definition) is 10. The summed E-state index contributed by atoms with van der Waals surface area (Å²) in [6, 6.07) is 0. The third-order valence-electron chi connectivity index (χ3n) is 2.30. The molecule has 0 bridgehead atoms. The standard InChI is InChI=1S/C9H10N10O/c10-17-8-14-7(12-3-6-13-5-20-18-6)15-9(16-8)19-2-1-11-4-19/h1-2,4-5H,3,10H2,(H2,12,14,15,16,17). The van der Waals surface area contributed by atoms with Gasteiger partial charge in [-0.1, -0.05) is 5.16 Å². The summed E-state index contributed by atoms with van der Waals surface area (Å²) in [5, 5.41) is 6.62. The molecule has 11 nitrogen and oxygen atoms in total. The van der Waals surface area contributed by atoms with Crippen LogP contribution in [0.1, 0.15) is 5.82 Å². The van der Waals surface area contributed by atoms with Crippen LogP contribution in [-0.2, 0) is 6.54 Å². The molecule has 4 N–H and O–H groups in total. The first kappa shape index (κ1) is 12.0. The lowest BCUT2D eigenvalue weighted by Gasteiger charge is -2.07. The molecule has 0 saturated heterocycles. The molecule has 3 rings (SSSR count). The molecule has 0 aliphatic heterocycles. The maximum Gasteiger partial charge on any atom is 0.243 e. The van der Waals surface area contributed by atoms with Crippen molar-refractivity contribution in [2.75, 3.05) is 10.7 Å². The molecule has 0 radical (unpaired) electrons. The summed E-state index contributed by atoms with van der Waals surface area (Å²) in [5.41, 5.74) is 2.38. The summed E-state index contributed by atoms with van der Waals surface area (Å²) < 4.78 is 6.26. The van der Waals surface area contributed by atoms with E-state index in [0.29, 0.717) is 24.3 Å². The van der Waals surface area contributed by atoms with Crippen molar-refractivity contribution >= 4 is 11.9 Å². The number of nitrogens with one attached hydrogen (secondary N) is 2. The predicted octanol–water partition coefficient (Wildman–Crippen LogP) is -0.662. The van der Waals surface area contributed by atoms with Crippen LogP contribution in [0.15, 0.2) is 29.6 Å². The van der Waals surface area contributed by atoms with Gasteiger partial charge in [0.1, 0.15) is 6.33 Å². The summed E-state index contributed by atoms with van der Waals surface area (Å²) in [4.78, 5) is 20.2. The van der Waals surface area contributed by atoms with Gasteiger partial charge in [0, 0.05) is 12.4 Å². The highest BCUT2D eigenvalue weighted by Crippen LogP contribution is 2.08. The van der Waals surface area contributed by atoms with Crippen molar-refractivity contribution in [3.63, 3.8) is 0 Å². The van der Waals surface area contributed by atoms with Gasteiger partial charge in [0.2, 0.25) is 24.2 Å². The van der Waals surface area contributed by atoms with Gasteiger partial charge in [-0.2, -0.15) is 19.9 Å². The Morgan fingerprint density at radius 2 is 2.15 bits per heavy atom. The average molecular weight is 274 g/mol. The Labute approximate surface area is 112 Å². The van der Waals surface area contributed by atoms with Gasteiger partial charge in [-0.15, -0.1) is 0 Å². The van der Waals surface area contributed by atoms with Gasteiger partial charge < -0.3 is 9.84 Å². The minimum atomic E-state index is 0.222. The lowest BCUT2D eigenvalue weighted by Crippen LogP contribution is -2.15. The Bertz CT molecular complexity index is 664. The molecule has 0 atom stereocenters. The van der Waals surface area contributed by atoms with Gasteiger partial charge in [-0.05, 0) is 0 Å². The van der Waals surface area contributed by atoms with E-state index in [1.165, 1.54) is 6.39 Å². The molecule has 3 aromatic rings. The quantitative estimate of drug-likeness (QED) is 0.404. The van der Waals surface area contributed by atoms with Crippen molar-refractivity contribution in [2.24, 2.45) is 5.84 Å². The maximum absolute atomic E-state index is 5.34. The maximum atomic E-state index is 5.34. The van der Waals surface area contributed by atoms with Crippen molar-refractivity contribution < 1.29 is 4.52 Å². The van der Waals surface area contributed by atoms with Crippen molar-refractivity contribution in [1.29, 1.82) is 0 Å². The van der Waals surface area contributed by atoms with E-state index < -0.39 is 0 Å². The lowest BCUT2D eigenvalue weighted by molar-refractivity contribution is 0.411. The third kappa shape index (κ3) is 2.51. The predicted molar refractivity (Wildman–Crippen MR) is 66.4 cm³/mol. The normalized spacial score (nSPS) is 10.4. The lowest BCUT2D eigenvalue weighted by atomic mass is 10.6. The summed E-state index contributed by atoms with van der Waals surface area (Å²) in [5.74, 6) is 6.74. The van der Waals surface area contributed by atoms with E-state index in [0.717, 1.165) is 0 Å². The fraction of sp³-hybridized carbons (Fsp3) is 0.111. The van der Waals surface area contributed by atoms with Crippen LogP contribution in [0.3, 0.4) is 0 Å². The summed E-state index contributed by atoms with van der Waals surface area (Å²) in [6.07, 6.45) is 6.14. The van der Waals surface area contributed by atoms with Gasteiger partial charge in [0.15, 0.2) is 5.82 Å². The largest absolute Gasteiger partial charge is 0.347 e. The second kappa shape index (κ2) is 5.27. The topological polar surface area (TPSA) is 145 Å². The summed E-state index contributed by atoms with van der Waals surface area (Å²) in [7, 11) is 0. The molecule has 3 aromatic heterocycles. The van der Waals surface area contributed by atoms with Crippen molar-refractivity contribution in [2.45, 2.75) is 6.54 Å². The van der Waals surface area contributed by atoms with E-state index in [1.807, 2.05) is 0 Å². The van der Waals surface area contributed by atoms with Gasteiger partial charge in [0.25, 0.3) is 0 Å². The SMILES string of the molecule is NNc1nc(NCc2ncon2)nc(-n2ccnc2)n1. The Morgan fingerprint density at radius 3 is 2.85 bits per heavy atom. The molecule has 0 amide bonds. The zero-order chi connectivity index (χ0) is 13.8. The Morgan fingerprint density at radius 1 is 1.25 bits per heavy atom. The fourth-order valence-electron chi connectivity index (χ4n) is 1.43. The van der Waals surface area contributed by atoms with Gasteiger partial charge in [-0.25, -0.2) is 10.8 Å². The summed E-state index contributed by atoms with van der Waals surface area (Å²) >= 11 is 0. The highest BCUT2D eigenvalue weighted by atomic mass is 16.5. The van der Waals surface area contributed by atoms with Crippen LogP contribution < -0.4 is 16.6 Å². The first-order valence-electron chi connectivity index (χ1n) is 5.55. The fourth-order valence-corrected chi connectivity index (χ4v) is 1.43. The molecule has 0 aliphatic carbocycles. The molecule has 0 fully saturated rings. The number of aromatic nitrogens is 7. The van der Waals surface area contributed by atoms with E-state index in [9.17, 15) is 0 Å². The number of hydrogen-bond donors (Lipinski definition) is 3. The zero-order valence-electron chi connectivity index (χ0n) is 10.1. The Kier molecular flexibility index (Phi) is 3.16. The van der Waals surface area contributed by atoms with Crippen LogP contribution in [0.2, 0.25) is 0 Å². The average Bonchev–Trinajstić information content (AvgIpc) is 3.17.